The lowest BCUT2D eigenvalue weighted by molar-refractivity contribution is -0.138. The van der Waals surface area contributed by atoms with E-state index >= 15 is 0 Å². The van der Waals surface area contributed by atoms with Crippen LogP contribution in [0.5, 0.6) is 0 Å². The molecule has 1 heterocycles. The number of allylic oxidation sites excluding steroid dienone is 4. The number of fused-ring (bicyclic) bond motifs is 1. The number of nitriles is 1. The maximum Gasteiger partial charge on any atom is 0.348 e. The molecule has 0 unspecified atom stereocenters. The summed E-state index contributed by atoms with van der Waals surface area (Å²) in [4.78, 5) is 13.7. The summed E-state index contributed by atoms with van der Waals surface area (Å²) in [6, 6.07) is 9.83. The molecule has 0 bridgehead atoms. The normalized spacial score (nSPS) is 15.0. The number of hydrogen-bond donors (Lipinski definition) is 0. The molecule has 0 saturated carbocycles. The number of esters is 1. The van der Waals surface area contributed by atoms with Gasteiger partial charge in [-0.25, -0.2) is 4.79 Å². The largest absolute Gasteiger partial charge is 0.462 e. The molecule has 0 aliphatic carbocycles. The van der Waals surface area contributed by atoms with Crippen LogP contribution in [0.3, 0.4) is 0 Å². The topological polar surface area (TPSA) is 53.3 Å². The highest BCUT2D eigenvalue weighted by atomic mass is 16.5. The molecule has 0 N–H and O–H groups in total. The molecule has 1 aliphatic rings. The molecule has 0 fully saturated rings. The Morgan fingerprint density at radius 3 is 2.91 bits per heavy atom. The zero-order valence-corrected chi connectivity index (χ0v) is 13.0. The Bertz CT molecular complexity index is 736. The minimum atomic E-state index is -0.604. The molecule has 1 aromatic carbocycles. The molecule has 1 aromatic rings. The molecule has 0 radical (unpaired) electrons. The van der Waals surface area contributed by atoms with Gasteiger partial charge in [0.25, 0.3) is 0 Å². The highest BCUT2D eigenvalue weighted by Gasteiger charge is 2.15. The maximum atomic E-state index is 11.7. The number of hydrogen-bond acceptors (Lipinski definition) is 4. The summed E-state index contributed by atoms with van der Waals surface area (Å²) < 4.78 is 4.86. The molecule has 0 atom stereocenters. The fourth-order valence-corrected chi connectivity index (χ4v) is 2.29. The predicted molar refractivity (Wildman–Crippen MR) is 91.4 cm³/mol. The van der Waals surface area contributed by atoms with Crippen molar-refractivity contribution in [2.24, 2.45) is 0 Å². The third kappa shape index (κ3) is 3.78. The minimum absolute atomic E-state index is 0.0150. The predicted octanol–water partition coefficient (Wildman–Crippen LogP) is 3.60. The third-order valence-electron chi connectivity index (χ3n) is 3.33. The second-order valence-electron chi connectivity index (χ2n) is 4.81. The van der Waals surface area contributed by atoms with Gasteiger partial charge in [0.2, 0.25) is 0 Å². The van der Waals surface area contributed by atoms with Crippen molar-refractivity contribution < 1.29 is 9.53 Å². The van der Waals surface area contributed by atoms with Gasteiger partial charge in [-0.05, 0) is 30.7 Å². The molecule has 1 aliphatic heterocycles. The summed E-state index contributed by atoms with van der Waals surface area (Å²) >= 11 is 0. The van der Waals surface area contributed by atoms with E-state index in [2.05, 4.69) is 11.5 Å². The first-order valence-corrected chi connectivity index (χ1v) is 7.35. The van der Waals surface area contributed by atoms with E-state index in [9.17, 15) is 4.79 Å². The molecule has 0 aromatic heterocycles. The van der Waals surface area contributed by atoms with Gasteiger partial charge >= 0.3 is 5.97 Å². The van der Waals surface area contributed by atoms with Gasteiger partial charge in [-0.15, -0.1) is 6.58 Å². The molecule has 0 saturated heterocycles. The standard InChI is InChI=1S/C19H18N2O2/c1-3-12-21-13-11-15(17-7-5-6-8-18(17)21)9-10-16(14-20)19(22)23-4-2/h3,5-11,13H,1,4,12H2,2H3/b15-9+,16-10+. The zero-order chi connectivity index (χ0) is 16.7. The van der Waals surface area contributed by atoms with Crippen molar-refractivity contribution in [1.82, 2.24) is 0 Å². The van der Waals surface area contributed by atoms with Gasteiger partial charge in [0, 0.05) is 24.0 Å². The van der Waals surface area contributed by atoms with Crippen LogP contribution in [-0.4, -0.2) is 19.1 Å². The number of rotatable bonds is 5. The number of carbonyl (C=O) groups is 1. The van der Waals surface area contributed by atoms with Crippen LogP contribution in [0, 0.1) is 11.3 Å². The average Bonchev–Trinajstić information content (AvgIpc) is 2.57. The van der Waals surface area contributed by atoms with Crippen LogP contribution in [0.25, 0.3) is 5.57 Å². The maximum absolute atomic E-state index is 11.7. The molecule has 116 valence electrons. The Hall–Kier alpha value is -3.06. The smallest absolute Gasteiger partial charge is 0.348 e. The first-order chi connectivity index (χ1) is 11.2. The summed E-state index contributed by atoms with van der Waals surface area (Å²) in [6.07, 6.45) is 9.00. The number of nitrogens with zero attached hydrogens (tertiary/aromatic N) is 2. The summed E-state index contributed by atoms with van der Waals surface area (Å²) in [5, 5.41) is 9.07. The first kappa shape index (κ1) is 16.3. The molecule has 0 spiro atoms. The third-order valence-corrected chi connectivity index (χ3v) is 3.33. The molecular weight excluding hydrogens is 288 g/mol. The van der Waals surface area contributed by atoms with Gasteiger partial charge in [0.1, 0.15) is 11.6 Å². The van der Waals surface area contributed by atoms with Crippen LogP contribution in [-0.2, 0) is 9.53 Å². The van der Waals surface area contributed by atoms with Crippen molar-refractivity contribution in [3.63, 3.8) is 0 Å². The lowest BCUT2D eigenvalue weighted by atomic mass is 9.99. The molecular formula is C19H18N2O2. The summed E-state index contributed by atoms with van der Waals surface area (Å²) in [5.41, 5.74) is 3.01. The Balaban J connectivity index is 2.37. The first-order valence-electron chi connectivity index (χ1n) is 7.35. The second-order valence-corrected chi connectivity index (χ2v) is 4.81. The number of benzene rings is 1. The fraction of sp³-hybridized carbons (Fsp3) is 0.158. The van der Waals surface area contributed by atoms with E-state index in [4.69, 9.17) is 10.00 Å². The van der Waals surface area contributed by atoms with Crippen molar-refractivity contribution in [3.05, 3.63) is 72.5 Å². The summed E-state index contributed by atoms with van der Waals surface area (Å²) in [5.74, 6) is -0.604. The van der Waals surface area contributed by atoms with Crippen molar-refractivity contribution in [3.8, 4) is 6.07 Å². The second kappa shape index (κ2) is 7.81. The van der Waals surface area contributed by atoms with Crippen molar-refractivity contribution >= 4 is 17.2 Å². The molecule has 0 amide bonds. The quantitative estimate of drug-likeness (QED) is 0.361. The SMILES string of the molecule is C=CCN1C=C/C(=C\C=C(/C#N)C(=O)OCC)c2ccccc21. The molecule has 23 heavy (non-hydrogen) atoms. The Labute approximate surface area is 136 Å². The Kier molecular flexibility index (Phi) is 5.54. The van der Waals surface area contributed by atoms with Crippen molar-refractivity contribution in [2.45, 2.75) is 6.92 Å². The van der Waals surface area contributed by atoms with Gasteiger partial charge in [-0.1, -0.05) is 30.4 Å². The van der Waals surface area contributed by atoms with E-state index in [1.807, 2.05) is 48.7 Å². The van der Waals surface area contributed by atoms with Crippen molar-refractivity contribution in [1.29, 1.82) is 5.26 Å². The summed E-state index contributed by atoms with van der Waals surface area (Å²) in [6.45, 7) is 6.43. The van der Waals surface area contributed by atoms with E-state index in [1.54, 1.807) is 13.0 Å². The van der Waals surface area contributed by atoms with Gasteiger partial charge in [0.15, 0.2) is 0 Å². The van der Waals surface area contributed by atoms with E-state index in [0.717, 1.165) is 16.8 Å². The molecule has 4 heteroatoms. The van der Waals surface area contributed by atoms with E-state index in [1.165, 1.54) is 6.08 Å². The van der Waals surface area contributed by atoms with Gasteiger partial charge in [-0.2, -0.15) is 5.26 Å². The highest BCUT2D eigenvalue weighted by Crippen LogP contribution is 2.32. The fourth-order valence-electron chi connectivity index (χ4n) is 2.29. The average molecular weight is 306 g/mol. The number of anilines is 1. The number of carbonyl (C=O) groups excluding carboxylic acids is 1. The Morgan fingerprint density at radius 2 is 2.22 bits per heavy atom. The molecule has 4 nitrogen and oxygen atoms in total. The van der Waals surface area contributed by atoms with E-state index in [0.29, 0.717) is 6.54 Å². The Morgan fingerprint density at radius 1 is 1.43 bits per heavy atom. The van der Waals surface area contributed by atoms with Crippen LogP contribution in [0.2, 0.25) is 0 Å². The lowest BCUT2D eigenvalue weighted by Crippen LogP contribution is -2.19. The van der Waals surface area contributed by atoms with Crippen LogP contribution in [0.1, 0.15) is 12.5 Å². The monoisotopic (exact) mass is 306 g/mol. The zero-order valence-electron chi connectivity index (χ0n) is 13.0. The van der Waals surface area contributed by atoms with Gasteiger partial charge < -0.3 is 9.64 Å². The summed E-state index contributed by atoms with van der Waals surface area (Å²) in [7, 11) is 0. The van der Waals surface area contributed by atoms with Crippen LogP contribution >= 0.6 is 0 Å². The lowest BCUT2D eigenvalue weighted by Gasteiger charge is -2.26. The minimum Gasteiger partial charge on any atom is -0.462 e. The van der Waals surface area contributed by atoms with Gasteiger partial charge in [-0.3, -0.25) is 0 Å². The number of ether oxygens (including phenoxy) is 1. The van der Waals surface area contributed by atoms with Gasteiger partial charge in [0.05, 0.1) is 6.61 Å². The van der Waals surface area contributed by atoms with E-state index in [-0.39, 0.29) is 12.2 Å². The van der Waals surface area contributed by atoms with Crippen LogP contribution < -0.4 is 4.90 Å². The van der Waals surface area contributed by atoms with E-state index < -0.39 is 5.97 Å². The van der Waals surface area contributed by atoms with Crippen molar-refractivity contribution in [2.75, 3.05) is 18.1 Å². The highest BCUT2D eigenvalue weighted by molar-refractivity contribution is 5.94. The molecule has 2 rings (SSSR count). The van der Waals surface area contributed by atoms with Crippen LogP contribution in [0.4, 0.5) is 5.69 Å². The van der Waals surface area contributed by atoms with Crippen LogP contribution in [0.15, 0.2) is 66.9 Å². The number of para-hydroxylation sites is 1.